The lowest BCUT2D eigenvalue weighted by molar-refractivity contribution is -0.119. The van der Waals surface area contributed by atoms with Gasteiger partial charge >= 0.3 is 0 Å². The van der Waals surface area contributed by atoms with Crippen LogP contribution in [0.3, 0.4) is 0 Å². The zero-order valence-corrected chi connectivity index (χ0v) is 48.9. The van der Waals surface area contributed by atoms with Crippen molar-refractivity contribution >= 4 is 17.6 Å². The number of hydrogen-bond acceptors (Lipinski definition) is 11. The van der Waals surface area contributed by atoms with Crippen LogP contribution >= 0.6 is 0 Å². The van der Waals surface area contributed by atoms with Crippen LogP contribution in [0.5, 0.6) is 0 Å². The minimum absolute atomic E-state index is 0.00870. The van der Waals surface area contributed by atoms with E-state index in [0.29, 0.717) is 41.9 Å². The fourth-order valence-corrected chi connectivity index (χ4v) is 7.16. The number of ether oxygens (including phenoxy) is 5. The molecule has 5 rings (SSSR count). The molecule has 0 unspecified atom stereocenters. The third kappa shape index (κ3) is 42.4. The van der Waals surface area contributed by atoms with Gasteiger partial charge in [-0.1, -0.05) is 78.6 Å². The Morgan fingerprint density at radius 2 is 1.03 bits per heavy atom. The number of piperidine rings is 2. The van der Waals surface area contributed by atoms with Gasteiger partial charge in [-0.05, 0) is 169 Å². The Bertz CT molecular complexity index is 1530. The predicted octanol–water partition coefficient (Wildman–Crippen LogP) is 11.1. The van der Waals surface area contributed by atoms with Crippen LogP contribution in [0, 0.1) is 24.7 Å². The lowest BCUT2D eigenvalue weighted by Crippen LogP contribution is -2.39. The van der Waals surface area contributed by atoms with E-state index in [4.69, 9.17) is 23.7 Å². The van der Waals surface area contributed by atoms with Crippen molar-refractivity contribution in [3.8, 4) is 0 Å². The Hall–Kier alpha value is -3.01. The van der Waals surface area contributed by atoms with E-state index in [1.165, 1.54) is 84.2 Å². The highest BCUT2D eigenvalue weighted by atomic mass is 16.5. The van der Waals surface area contributed by atoms with Crippen molar-refractivity contribution in [3.05, 3.63) is 59.8 Å². The molecule has 0 saturated carbocycles. The van der Waals surface area contributed by atoms with E-state index >= 15 is 0 Å². The van der Waals surface area contributed by atoms with Crippen LogP contribution in [0.1, 0.15) is 157 Å². The van der Waals surface area contributed by atoms with E-state index in [1.54, 1.807) is 24.1 Å². The summed E-state index contributed by atoms with van der Waals surface area (Å²) in [6, 6.07) is 15.1. The Morgan fingerprint density at radius 1 is 0.569 bits per heavy atom. The molecule has 0 aliphatic carbocycles. The summed E-state index contributed by atoms with van der Waals surface area (Å²) in [6.45, 7) is 46.7. The van der Waals surface area contributed by atoms with E-state index in [9.17, 15) is 9.59 Å². The number of nitrogens with one attached hydrogen (secondary N) is 1. The molecule has 0 bridgehead atoms. The van der Waals surface area contributed by atoms with Crippen molar-refractivity contribution in [1.82, 2.24) is 25.0 Å². The van der Waals surface area contributed by atoms with Gasteiger partial charge in [-0.2, -0.15) is 0 Å². The van der Waals surface area contributed by atoms with Crippen LogP contribution < -0.4 is 10.2 Å². The van der Waals surface area contributed by atoms with Gasteiger partial charge in [0.15, 0.2) is 0 Å². The number of nitrogens with zero attached hydrogens (tertiary/aromatic N) is 5. The summed E-state index contributed by atoms with van der Waals surface area (Å²) in [4.78, 5) is 36.5. The zero-order valence-electron chi connectivity index (χ0n) is 48.9. The highest BCUT2D eigenvalue weighted by molar-refractivity contribution is 5.94. The second-order valence-electron chi connectivity index (χ2n) is 21.2. The van der Waals surface area contributed by atoms with Crippen LogP contribution in [0.2, 0.25) is 0 Å². The smallest absolute Gasteiger partial charge is 0.251 e. The first-order chi connectivity index (χ1) is 34.3. The highest BCUT2D eigenvalue weighted by Crippen LogP contribution is 2.13. The molecule has 0 radical (unpaired) electrons. The number of amides is 2. The number of anilines is 1. The number of aryl methyl sites for hydroxylation is 1. The Balaban J connectivity index is 0.000000845. The first-order valence-corrected chi connectivity index (χ1v) is 28.0. The van der Waals surface area contributed by atoms with E-state index in [0.717, 1.165) is 84.0 Å². The second kappa shape index (κ2) is 45.4. The zero-order chi connectivity index (χ0) is 53.9. The van der Waals surface area contributed by atoms with Crippen LogP contribution in [0.15, 0.2) is 48.5 Å². The summed E-state index contributed by atoms with van der Waals surface area (Å²) in [7, 11) is 1.77. The van der Waals surface area contributed by atoms with E-state index in [-0.39, 0.29) is 17.9 Å². The van der Waals surface area contributed by atoms with Crippen LogP contribution in [0.4, 0.5) is 5.82 Å². The SMILES string of the molecule is CC(C)COCCN1CCCCC1.CC(C)NC(=O)c1ccccc1.CC(C)OCCN1CCC1.CC(C)OCCN1CCCCC1.CCOCCOCC(C)C.Cc1cccc(N(C)C(=O)CC(C)C)n1. The summed E-state index contributed by atoms with van der Waals surface area (Å²) < 4.78 is 26.8. The van der Waals surface area contributed by atoms with Crippen LogP contribution in [-0.2, 0) is 28.5 Å². The largest absolute Gasteiger partial charge is 0.380 e. The van der Waals surface area contributed by atoms with Crippen molar-refractivity contribution < 1.29 is 33.3 Å². The minimum Gasteiger partial charge on any atom is -0.380 e. The number of benzene rings is 1. The average Bonchev–Trinajstić information content (AvgIpc) is 3.32. The predicted molar refractivity (Wildman–Crippen MR) is 303 cm³/mol. The van der Waals surface area contributed by atoms with Crippen molar-refractivity contribution in [2.45, 2.75) is 167 Å². The second-order valence-corrected chi connectivity index (χ2v) is 21.2. The van der Waals surface area contributed by atoms with E-state index in [1.807, 2.05) is 77.9 Å². The van der Waals surface area contributed by atoms with Crippen molar-refractivity contribution in [1.29, 1.82) is 0 Å². The van der Waals surface area contributed by atoms with Gasteiger partial charge in [0.2, 0.25) is 5.91 Å². The Labute approximate surface area is 442 Å². The molecule has 3 saturated heterocycles. The molecule has 3 aliphatic rings. The molecular formula is C59H110N6O7. The molecule has 3 fully saturated rings. The molecule has 1 aromatic carbocycles. The molecule has 3 aliphatic heterocycles. The summed E-state index contributed by atoms with van der Waals surface area (Å²) in [5.74, 6) is 2.50. The summed E-state index contributed by atoms with van der Waals surface area (Å²) in [5, 5.41) is 2.82. The lowest BCUT2D eigenvalue weighted by Gasteiger charge is -2.30. The summed E-state index contributed by atoms with van der Waals surface area (Å²) >= 11 is 0. The van der Waals surface area contributed by atoms with Gasteiger partial charge in [0.1, 0.15) is 5.82 Å². The molecular weight excluding hydrogens is 905 g/mol. The number of aromatic nitrogens is 1. The van der Waals surface area contributed by atoms with E-state index in [2.05, 4.69) is 80.4 Å². The monoisotopic (exact) mass is 1010 g/mol. The van der Waals surface area contributed by atoms with E-state index < -0.39 is 0 Å². The van der Waals surface area contributed by atoms with Gasteiger partial charge in [0.25, 0.3) is 5.91 Å². The van der Waals surface area contributed by atoms with Gasteiger partial charge in [-0.25, -0.2) is 4.98 Å². The van der Waals surface area contributed by atoms with Crippen molar-refractivity contribution in [2.24, 2.45) is 17.8 Å². The third-order valence-corrected chi connectivity index (χ3v) is 11.2. The van der Waals surface area contributed by atoms with Gasteiger partial charge in [-0.15, -0.1) is 0 Å². The first kappa shape index (κ1) is 69.0. The van der Waals surface area contributed by atoms with Crippen molar-refractivity contribution in [2.75, 3.05) is 124 Å². The molecule has 2 aromatic rings. The third-order valence-electron chi connectivity index (χ3n) is 11.2. The van der Waals surface area contributed by atoms with Gasteiger partial charge in [0, 0.05) is 70.2 Å². The van der Waals surface area contributed by atoms with Crippen LogP contribution in [0.25, 0.3) is 0 Å². The maximum atomic E-state index is 11.8. The van der Waals surface area contributed by atoms with Crippen LogP contribution in [-0.4, -0.2) is 169 Å². The Kier molecular flexibility index (Phi) is 43.5. The number of likely N-dealkylation sites (tertiary alicyclic amines) is 3. The lowest BCUT2D eigenvalue weighted by atomic mass is 10.1. The topological polar surface area (TPSA) is 118 Å². The van der Waals surface area contributed by atoms with Gasteiger partial charge in [-0.3, -0.25) is 14.5 Å². The molecule has 1 N–H and O–H groups in total. The fraction of sp³-hybridized carbons (Fsp3) is 0.780. The molecule has 2 amide bonds. The molecule has 72 heavy (non-hydrogen) atoms. The normalized spacial score (nSPS) is 15.0. The van der Waals surface area contributed by atoms with Crippen molar-refractivity contribution in [3.63, 3.8) is 0 Å². The Morgan fingerprint density at radius 3 is 1.43 bits per heavy atom. The van der Waals surface area contributed by atoms with Gasteiger partial charge in [0.05, 0.1) is 45.2 Å². The maximum Gasteiger partial charge on any atom is 0.251 e. The molecule has 1 aromatic heterocycles. The molecule has 13 nitrogen and oxygen atoms in total. The highest BCUT2D eigenvalue weighted by Gasteiger charge is 2.15. The standard InChI is InChI=1S/C12H18N2O.C11H23NO.C10H21NO.C10H13NO.C8H17NO.C8H18O2/c1-9(2)8-12(15)14(4)11-7-5-6-10(3)13-11;1-11(2)10-13-9-8-12-6-4-3-5-7-12;1-10(2)12-9-8-11-6-4-3-5-7-11;1-8(2)11-10(12)9-6-4-3-5-7-9;1-8(2)10-7-6-9-4-3-5-9;1-4-9-5-6-10-7-8(2)3/h5-7,9H,8H2,1-4H3;11H,3-10H2,1-2H3;10H,3-9H2,1-2H3;3-8H,1-2H3,(H,11,12);8H,3-7H2,1-2H3;8H,4-7H2,1-3H3. The molecule has 0 spiro atoms. The number of hydrogen-bond donors (Lipinski definition) is 1. The number of pyridine rings is 1. The number of rotatable bonds is 24. The maximum absolute atomic E-state index is 11.8. The molecule has 4 heterocycles. The first-order valence-electron chi connectivity index (χ1n) is 28.0. The number of carbonyl (C=O) groups is 2. The van der Waals surface area contributed by atoms with Gasteiger partial charge < -0.3 is 43.7 Å². The summed E-state index contributed by atoms with van der Waals surface area (Å²) in [5.41, 5.74) is 1.64. The average molecular weight is 1020 g/mol. The minimum atomic E-state index is -0.00870. The fourth-order valence-electron chi connectivity index (χ4n) is 7.16. The quantitative estimate of drug-likeness (QED) is 0.101. The molecule has 418 valence electrons. The summed E-state index contributed by atoms with van der Waals surface area (Å²) in [6.07, 6.45) is 11.1. The number of carbonyl (C=O) groups excluding carboxylic acids is 2. The molecule has 0 atom stereocenters. The molecule has 13 heteroatoms.